The number of aromatic nitrogens is 2. The minimum atomic E-state index is -0.409. The fourth-order valence-corrected chi connectivity index (χ4v) is 3.55. The third-order valence-electron chi connectivity index (χ3n) is 4.80. The van der Waals surface area contributed by atoms with Gasteiger partial charge in [-0.25, -0.2) is 4.39 Å². The Balaban J connectivity index is 1.61. The molecule has 1 saturated heterocycles. The van der Waals surface area contributed by atoms with Gasteiger partial charge < -0.3 is 9.42 Å². The molecular formula is C20H17ClFN3O2. The molecule has 4 rings (SSSR count). The van der Waals surface area contributed by atoms with Gasteiger partial charge in [0.2, 0.25) is 17.6 Å². The van der Waals surface area contributed by atoms with Crippen LogP contribution in [0, 0.1) is 12.7 Å². The SMILES string of the molecule is Cc1ccccc1-c1noc(C2CCC(=O)N2Cc2ccc(F)cc2Cl)n1. The van der Waals surface area contributed by atoms with Gasteiger partial charge in [0.1, 0.15) is 11.9 Å². The zero-order valence-corrected chi connectivity index (χ0v) is 15.4. The van der Waals surface area contributed by atoms with E-state index < -0.39 is 5.82 Å². The first-order valence-corrected chi connectivity index (χ1v) is 9.04. The van der Waals surface area contributed by atoms with E-state index in [1.807, 2.05) is 31.2 Å². The zero-order chi connectivity index (χ0) is 19.0. The van der Waals surface area contributed by atoms with Gasteiger partial charge in [0.25, 0.3) is 0 Å². The summed E-state index contributed by atoms with van der Waals surface area (Å²) in [7, 11) is 0. The molecule has 0 spiro atoms. The van der Waals surface area contributed by atoms with E-state index >= 15 is 0 Å². The smallest absolute Gasteiger partial charge is 0.249 e. The van der Waals surface area contributed by atoms with Crippen molar-refractivity contribution in [2.24, 2.45) is 0 Å². The molecule has 1 aliphatic rings. The van der Waals surface area contributed by atoms with Crippen molar-refractivity contribution in [2.45, 2.75) is 32.4 Å². The van der Waals surface area contributed by atoms with E-state index in [1.54, 1.807) is 11.0 Å². The molecule has 1 unspecified atom stereocenters. The number of amides is 1. The number of aryl methyl sites for hydroxylation is 1. The molecule has 0 N–H and O–H groups in total. The van der Waals surface area contributed by atoms with E-state index in [0.29, 0.717) is 35.1 Å². The maximum absolute atomic E-state index is 13.3. The summed E-state index contributed by atoms with van der Waals surface area (Å²) in [5.41, 5.74) is 2.62. The Morgan fingerprint density at radius 3 is 2.89 bits per heavy atom. The normalized spacial score (nSPS) is 16.9. The molecule has 0 aliphatic carbocycles. The molecule has 1 atom stereocenters. The second-order valence-electron chi connectivity index (χ2n) is 6.58. The second-order valence-corrected chi connectivity index (χ2v) is 6.99. The molecule has 1 aliphatic heterocycles. The molecule has 3 aromatic rings. The number of benzene rings is 2. The molecule has 0 saturated carbocycles. The largest absolute Gasteiger partial charge is 0.337 e. The van der Waals surface area contributed by atoms with E-state index in [4.69, 9.17) is 16.1 Å². The minimum absolute atomic E-state index is 0.0176. The van der Waals surface area contributed by atoms with Crippen LogP contribution in [0.3, 0.4) is 0 Å². The molecule has 0 bridgehead atoms. The van der Waals surface area contributed by atoms with Crippen molar-refractivity contribution in [3.63, 3.8) is 0 Å². The van der Waals surface area contributed by atoms with Gasteiger partial charge in [0.05, 0.1) is 0 Å². The summed E-state index contributed by atoms with van der Waals surface area (Å²) in [6.45, 7) is 2.25. The van der Waals surface area contributed by atoms with Crippen molar-refractivity contribution in [1.82, 2.24) is 15.0 Å². The summed E-state index contributed by atoms with van der Waals surface area (Å²) < 4.78 is 18.8. The van der Waals surface area contributed by atoms with Gasteiger partial charge in [0.15, 0.2) is 0 Å². The van der Waals surface area contributed by atoms with E-state index in [2.05, 4.69) is 10.1 Å². The Bertz CT molecular complexity index is 1000. The number of carbonyl (C=O) groups excluding carboxylic acids is 1. The standard InChI is InChI=1S/C20H17ClFN3O2/c1-12-4-2-3-5-15(12)19-23-20(27-24-19)17-8-9-18(26)25(17)11-13-6-7-14(22)10-16(13)21/h2-7,10,17H,8-9,11H2,1H3. The minimum Gasteiger partial charge on any atom is -0.337 e. The second kappa shape index (κ2) is 7.12. The monoisotopic (exact) mass is 385 g/mol. The van der Waals surface area contributed by atoms with Crippen molar-refractivity contribution in [3.05, 3.63) is 70.3 Å². The Kier molecular flexibility index (Phi) is 4.66. The van der Waals surface area contributed by atoms with Crippen molar-refractivity contribution in [3.8, 4) is 11.4 Å². The highest BCUT2D eigenvalue weighted by Gasteiger charge is 2.36. The van der Waals surface area contributed by atoms with Gasteiger partial charge in [-0.3, -0.25) is 4.79 Å². The Morgan fingerprint density at radius 2 is 2.11 bits per heavy atom. The van der Waals surface area contributed by atoms with Crippen LogP contribution in [0.2, 0.25) is 5.02 Å². The maximum Gasteiger partial charge on any atom is 0.249 e. The van der Waals surface area contributed by atoms with Gasteiger partial charge in [-0.15, -0.1) is 0 Å². The molecule has 7 heteroatoms. The fourth-order valence-electron chi connectivity index (χ4n) is 3.33. The first kappa shape index (κ1) is 17.7. The number of hydrogen-bond donors (Lipinski definition) is 0. The van der Waals surface area contributed by atoms with Crippen molar-refractivity contribution >= 4 is 17.5 Å². The van der Waals surface area contributed by atoms with Gasteiger partial charge in [-0.05, 0) is 36.6 Å². The van der Waals surface area contributed by atoms with Crippen molar-refractivity contribution < 1.29 is 13.7 Å². The molecule has 2 heterocycles. The van der Waals surface area contributed by atoms with Crippen molar-refractivity contribution in [1.29, 1.82) is 0 Å². The third kappa shape index (κ3) is 3.45. The average molecular weight is 386 g/mol. The molecule has 1 aromatic heterocycles. The van der Waals surface area contributed by atoms with Crippen LogP contribution in [0.15, 0.2) is 47.0 Å². The molecular weight excluding hydrogens is 369 g/mol. The lowest BCUT2D eigenvalue weighted by Crippen LogP contribution is -2.27. The van der Waals surface area contributed by atoms with Crippen molar-refractivity contribution in [2.75, 3.05) is 0 Å². The topological polar surface area (TPSA) is 59.2 Å². The molecule has 0 radical (unpaired) electrons. The lowest BCUT2D eigenvalue weighted by atomic mass is 10.1. The van der Waals surface area contributed by atoms with Gasteiger partial charge in [0, 0.05) is 23.6 Å². The van der Waals surface area contributed by atoms with Gasteiger partial charge >= 0.3 is 0 Å². The van der Waals surface area contributed by atoms with Crippen LogP contribution in [-0.2, 0) is 11.3 Å². The lowest BCUT2D eigenvalue weighted by Gasteiger charge is -2.22. The summed E-state index contributed by atoms with van der Waals surface area (Å²) in [5, 5.41) is 4.38. The first-order chi connectivity index (χ1) is 13.0. The number of carbonyl (C=O) groups is 1. The van der Waals surface area contributed by atoms with E-state index in [-0.39, 0.29) is 18.5 Å². The Morgan fingerprint density at radius 1 is 1.30 bits per heavy atom. The molecule has 1 amide bonds. The lowest BCUT2D eigenvalue weighted by molar-refractivity contribution is -0.129. The number of hydrogen-bond acceptors (Lipinski definition) is 4. The molecule has 27 heavy (non-hydrogen) atoms. The number of rotatable bonds is 4. The fraction of sp³-hybridized carbons (Fsp3) is 0.250. The van der Waals surface area contributed by atoms with Crippen LogP contribution in [0.4, 0.5) is 4.39 Å². The van der Waals surface area contributed by atoms with E-state index in [0.717, 1.165) is 11.1 Å². The van der Waals surface area contributed by atoms with E-state index in [9.17, 15) is 9.18 Å². The van der Waals surface area contributed by atoms with Crippen LogP contribution in [0.1, 0.15) is 35.9 Å². The maximum atomic E-state index is 13.3. The van der Waals surface area contributed by atoms with Crippen LogP contribution < -0.4 is 0 Å². The number of nitrogens with zero attached hydrogens (tertiary/aromatic N) is 3. The number of likely N-dealkylation sites (tertiary alicyclic amines) is 1. The Labute approximate surface area is 160 Å². The quantitative estimate of drug-likeness (QED) is 0.653. The molecule has 1 fully saturated rings. The van der Waals surface area contributed by atoms with Gasteiger partial charge in [-0.1, -0.05) is 47.1 Å². The summed E-state index contributed by atoms with van der Waals surface area (Å²) in [6.07, 6.45) is 0.985. The van der Waals surface area contributed by atoms with E-state index in [1.165, 1.54) is 12.1 Å². The highest BCUT2D eigenvalue weighted by molar-refractivity contribution is 6.31. The summed E-state index contributed by atoms with van der Waals surface area (Å²) in [5.74, 6) is 0.475. The molecule has 5 nitrogen and oxygen atoms in total. The van der Waals surface area contributed by atoms with Crippen LogP contribution in [0.25, 0.3) is 11.4 Å². The van der Waals surface area contributed by atoms with Crippen LogP contribution >= 0.6 is 11.6 Å². The number of halogens is 2. The summed E-state index contributed by atoms with van der Waals surface area (Å²) in [6, 6.07) is 11.6. The van der Waals surface area contributed by atoms with Gasteiger partial charge in [-0.2, -0.15) is 4.98 Å². The van der Waals surface area contributed by atoms with Crippen LogP contribution in [0.5, 0.6) is 0 Å². The highest BCUT2D eigenvalue weighted by Crippen LogP contribution is 2.35. The average Bonchev–Trinajstić information content (AvgIpc) is 3.25. The molecule has 138 valence electrons. The predicted octanol–water partition coefficient (Wildman–Crippen LogP) is 4.70. The Hall–Kier alpha value is -2.73. The summed E-state index contributed by atoms with van der Waals surface area (Å²) >= 11 is 6.12. The highest BCUT2D eigenvalue weighted by atomic mass is 35.5. The zero-order valence-electron chi connectivity index (χ0n) is 14.7. The molecule has 2 aromatic carbocycles. The predicted molar refractivity (Wildman–Crippen MR) is 98.4 cm³/mol. The summed E-state index contributed by atoms with van der Waals surface area (Å²) in [4.78, 5) is 18.6. The third-order valence-corrected chi connectivity index (χ3v) is 5.15. The van der Waals surface area contributed by atoms with Crippen LogP contribution in [-0.4, -0.2) is 20.9 Å². The first-order valence-electron chi connectivity index (χ1n) is 8.66.